The Morgan fingerprint density at radius 1 is 1.35 bits per heavy atom. The zero-order valence-electron chi connectivity index (χ0n) is 13.3. The van der Waals surface area contributed by atoms with Crippen LogP contribution in [0.5, 0.6) is 5.75 Å². The number of nitrogens with one attached hydrogen (secondary N) is 1. The van der Waals surface area contributed by atoms with Crippen molar-refractivity contribution in [3.05, 3.63) is 50.6 Å². The quantitative estimate of drug-likeness (QED) is 0.747. The number of H-pyrrole nitrogens is 1. The van der Waals surface area contributed by atoms with Gasteiger partial charge in [0.1, 0.15) is 5.75 Å². The number of para-hydroxylation sites is 1. The number of hydrogen-bond donors (Lipinski definition) is 1. The van der Waals surface area contributed by atoms with Crippen LogP contribution in [-0.2, 0) is 13.1 Å². The van der Waals surface area contributed by atoms with Crippen LogP contribution in [0.1, 0.15) is 18.2 Å². The number of aryl methyl sites for hydroxylation is 2. The van der Waals surface area contributed by atoms with Crippen LogP contribution in [0.15, 0.2) is 29.1 Å². The van der Waals surface area contributed by atoms with Crippen molar-refractivity contribution >= 4 is 23.3 Å². The highest BCUT2D eigenvalue weighted by atomic mass is 32.1. The molecule has 0 spiro atoms. The molecule has 0 aliphatic rings. The third-order valence-electron chi connectivity index (χ3n) is 3.87. The fourth-order valence-electron chi connectivity index (χ4n) is 2.72. The molecule has 2 aromatic heterocycles. The number of fused-ring (bicyclic) bond motifs is 1. The number of benzene rings is 1. The van der Waals surface area contributed by atoms with Crippen LogP contribution in [0.4, 0.5) is 0 Å². The first-order valence-electron chi connectivity index (χ1n) is 7.39. The van der Waals surface area contributed by atoms with Gasteiger partial charge >= 0.3 is 0 Å². The van der Waals surface area contributed by atoms with Gasteiger partial charge < -0.3 is 9.72 Å². The van der Waals surface area contributed by atoms with Crippen LogP contribution in [0, 0.1) is 11.7 Å². The van der Waals surface area contributed by atoms with Crippen LogP contribution in [0.2, 0.25) is 0 Å². The average molecular weight is 330 g/mol. The van der Waals surface area contributed by atoms with Gasteiger partial charge in [-0.3, -0.25) is 14.0 Å². The van der Waals surface area contributed by atoms with Crippen LogP contribution in [-0.4, -0.2) is 26.4 Å². The summed E-state index contributed by atoms with van der Waals surface area (Å²) in [5, 5.41) is 4.39. The fraction of sp³-hybridized carbons (Fsp3) is 0.312. The van der Waals surface area contributed by atoms with E-state index in [0.29, 0.717) is 28.9 Å². The number of methoxy groups -OCH3 is 1. The normalized spacial score (nSPS) is 11.1. The minimum atomic E-state index is -0.142. The SMILES string of the molecule is CCn1nc(C)c2[nH]c(=S)n(Cc3ccccc3OC)c(=O)c21. The molecule has 1 N–H and O–H groups in total. The maximum absolute atomic E-state index is 12.9. The summed E-state index contributed by atoms with van der Waals surface area (Å²) < 4.78 is 8.99. The van der Waals surface area contributed by atoms with Gasteiger partial charge in [0.2, 0.25) is 0 Å². The van der Waals surface area contributed by atoms with Gasteiger partial charge in [-0.15, -0.1) is 0 Å². The van der Waals surface area contributed by atoms with Gasteiger partial charge in [-0.2, -0.15) is 5.10 Å². The second kappa shape index (κ2) is 6.00. The number of hydrogen-bond acceptors (Lipinski definition) is 4. The summed E-state index contributed by atoms with van der Waals surface area (Å²) in [5.74, 6) is 0.731. The molecule has 3 rings (SSSR count). The Kier molecular flexibility index (Phi) is 4.04. The molecule has 0 saturated carbocycles. The van der Waals surface area contributed by atoms with Gasteiger partial charge in [0.25, 0.3) is 5.56 Å². The molecule has 6 nitrogen and oxygen atoms in total. The number of aromatic amines is 1. The summed E-state index contributed by atoms with van der Waals surface area (Å²) in [5.41, 5.74) is 2.79. The lowest BCUT2D eigenvalue weighted by Gasteiger charge is -2.11. The molecule has 0 atom stereocenters. The third kappa shape index (κ3) is 2.57. The molecule has 23 heavy (non-hydrogen) atoms. The Morgan fingerprint density at radius 3 is 2.78 bits per heavy atom. The molecule has 3 aromatic rings. The molecular formula is C16H18N4O2S. The molecule has 0 fully saturated rings. The molecule has 120 valence electrons. The molecule has 7 heteroatoms. The summed E-state index contributed by atoms with van der Waals surface area (Å²) in [4.78, 5) is 16.1. The Morgan fingerprint density at radius 2 is 2.09 bits per heavy atom. The number of rotatable bonds is 4. The molecule has 1 aromatic carbocycles. The summed E-state index contributed by atoms with van der Waals surface area (Å²) in [6.45, 7) is 4.79. The predicted molar refractivity (Wildman–Crippen MR) is 91.7 cm³/mol. The molecule has 0 amide bonds. The van der Waals surface area contributed by atoms with E-state index < -0.39 is 0 Å². The van der Waals surface area contributed by atoms with E-state index in [-0.39, 0.29) is 5.56 Å². The van der Waals surface area contributed by atoms with E-state index in [2.05, 4.69) is 10.1 Å². The highest BCUT2D eigenvalue weighted by Gasteiger charge is 2.15. The largest absolute Gasteiger partial charge is 0.496 e. The first-order valence-corrected chi connectivity index (χ1v) is 7.79. The smallest absolute Gasteiger partial charge is 0.280 e. The van der Waals surface area contributed by atoms with Gasteiger partial charge in [-0.1, -0.05) is 18.2 Å². The zero-order valence-corrected chi connectivity index (χ0v) is 14.1. The minimum absolute atomic E-state index is 0.142. The van der Waals surface area contributed by atoms with E-state index >= 15 is 0 Å². The lowest BCUT2D eigenvalue weighted by molar-refractivity contribution is 0.408. The summed E-state index contributed by atoms with van der Waals surface area (Å²) in [7, 11) is 1.61. The highest BCUT2D eigenvalue weighted by molar-refractivity contribution is 7.71. The summed E-state index contributed by atoms with van der Waals surface area (Å²) in [6, 6.07) is 7.60. The monoisotopic (exact) mass is 330 g/mol. The van der Waals surface area contributed by atoms with Gasteiger partial charge in [-0.05, 0) is 32.1 Å². The maximum Gasteiger partial charge on any atom is 0.280 e. The standard InChI is InChI=1S/C16H18N4O2S/c1-4-20-14-13(10(2)18-20)17-16(23)19(15(14)21)9-11-7-5-6-8-12(11)22-3/h5-8H,4,9H2,1-3H3,(H,17,23). The molecular weight excluding hydrogens is 312 g/mol. The average Bonchev–Trinajstić information content (AvgIpc) is 2.88. The van der Waals surface area contributed by atoms with E-state index in [1.165, 1.54) is 0 Å². The van der Waals surface area contributed by atoms with Crippen molar-refractivity contribution in [3.8, 4) is 5.75 Å². The Hall–Kier alpha value is -2.41. The summed E-state index contributed by atoms with van der Waals surface area (Å²) in [6.07, 6.45) is 0. The van der Waals surface area contributed by atoms with E-state index in [9.17, 15) is 4.79 Å². The lowest BCUT2D eigenvalue weighted by Crippen LogP contribution is -2.24. The highest BCUT2D eigenvalue weighted by Crippen LogP contribution is 2.19. The van der Waals surface area contributed by atoms with Crippen molar-refractivity contribution in [1.29, 1.82) is 0 Å². The van der Waals surface area contributed by atoms with E-state index in [0.717, 1.165) is 17.0 Å². The molecule has 0 saturated heterocycles. The van der Waals surface area contributed by atoms with Crippen LogP contribution >= 0.6 is 12.2 Å². The van der Waals surface area contributed by atoms with Crippen molar-refractivity contribution in [2.45, 2.75) is 26.9 Å². The van der Waals surface area contributed by atoms with Crippen molar-refractivity contribution in [1.82, 2.24) is 19.3 Å². The summed E-state index contributed by atoms with van der Waals surface area (Å²) >= 11 is 5.38. The van der Waals surface area contributed by atoms with Crippen molar-refractivity contribution in [3.63, 3.8) is 0 Å². The molecule has 0 aliphatic carbocycles. The second-order valence-electron chi connectivity index (χ2n) is 5.26. The number of aromatic nitrogens is 4. The van der Waals surface area contributed by atoms with Crippen LogP contribution in [0.3, 0.4) is 0 Å². The lowest BCUT2D eigenvalue weighted by atomic mass is 10.2. The first-order chi connectivity index (χ1) is 11.1. The van der Waals surface area contributed by atoms with Gasteiger partial charge in [0.15, 0.2) is 10.3 Å². The second-order valence-corrected chi connectivity index (χ2v) is 5.64. The molecule has 0 radical (unpaired) electrons. The molecule has 2 heterocycles. The van der Waals surface area contributed by atoms with Crippen LogP contribution < -0.4 is 10.3 Å². The maximum atomic E-state index is 12.9. The minimum Gasteiger partial charge on any atom is -0.496 e. The fourth-order valence-corrected chi connectivity index (χ4v) is 2.97. The van der Waals surface area contributed by atoms with Crippen LogP contribution in [0.25, 0.3) is 11.0 Å². The number of nitrogens with zero attached hydrogens (tertiary/aromatic N) is 3. The van der Waals surface area contributed by atoms with E-state index in [4.69, 9.17) is 17.0 Å². The van der Waals surface area contributed by atoms with Crippen molar-refractivity contribution < 1.29 is 4.74 Å². The zero-order chi connectivity index (χ0) is 16.6. The Labute approximate surface area is 138 Å². The van der Waals surface area contributed by atoms with Gasteiger partial charge in [0.05, 0.1) is 24.9 Å². The van der Waals surface area contributed by atoms with Crippen molar-refractivity contribution in [2.75, 3.05) is 7.11 Å². The molecule has 0 unspecified atom stereocenters. The van der Waals surface area contributed by atoms with Gasteiger partial charge in [0, 0.05) is 12.1 Å². The van der Waals surface area contributed by atoms with Crippen molar-refractivity contribution in [2.24, 2.45) is 0 Å². The third-order valence-corrected chi connectivity index (χ3v) is 4.20. The number of ether oxygens (including phenoxy) is 1. The van der Waals surface area contributed by atoms with E-state index in [1.54, 1.807) is 16.4 Å². The first kappa shape index (κ1) is 15.5. The topological polar surface area (TPSA) is 64.8 Å². The van der Waals surface area contributed by atoms with Gasteiger partial charge in [-0.25, -0.2) is 0 Å². The Bertz CT molecular complexity index is 984. The molecule has 0 bridgehead atoms. The predicted octanol–water partition coefficient (Wildman–Crippen LogP) is 2.64. The molecule has 0 aliphatic heterocycles. The Balaban J connectivity index is 2.22. The van der Waals surface area contributed by atoms with E-state index in [1.807, 2.05) is 38.1 Å².